The van der Waals surface area contributed by atoms with Gasteiger partial charge in [0.1, 0.15) is 0 Å². The molecule has 94 valence electrons. The quantitative estimate of drug-likeness (QED) is 0.706. The fraction of sp³-hybridized carbons (Fsp3) is 0.636. The topological polar surface area (TPSA) is 91.8 Å². The fourth-order valence-corrected chi connectivity index (χ4v) is 1.92. The molecule has 0 fully saturated rings. The number of allylic oxidation sites excluding steroid dienone is 1. The average Bonchev–Trinajstić information content (AvgIpc) is 2.75. The van der Waals surface area contributed by atoms with Crippen LogP contribution in [0, 0.1) is 5.92 Å². The first-order chi connectivity index (χ1) is 8.06. The Balaban J connectivity index is 2.94. The van der Waals surface area contributed by atoms with Gasteiger partial charge in [0.25, 0.3) is 0 Å². The second kappa shape index (κ2) is 6.12. The van der Waals surface area contributed by atoms with Crippen molar-refractivity contribution in [2.75, 3.05) is 0 Å². The normalized spacial score (nSPS) is 14.2. The second-order valence-corrected chi connectivity index (χ2v) is 4.27. The maximum Gasteiger partial charge on any atom is 0.307 e. The molecule has 0 aliphatic rings. The molecule has 17 heavy (non-hydrogen) atoms. The molecule has 6 nitrogen and oxygen atoms in total. The highest BCUT2D eigenvalue weighted by Crippen LogP contribution is 2.31. The molecule has 2 N–H and O–H groups in total. The van der Waals surface area contributed by atoms with Gasteiger partial charge in [-0.05, 0) is 19.8 Å². The predicted octanol–water partition coefficient (Wildman–Crippen LogP) is 1.75. The number of nitrogens with one attached hydrogen (secondary N) is 1. The maximum absolute atomic E-state index is 11.3. The molecule has 0 aliphatic carbocycles. The van der Waals surface area contributed by atoms with E-state index in [9.17, 15) is 9.90 Å². The van der Waals surface area contributed by atoms with Crippen molar-refractivity contribution in [3.8, 4) is 0 Å². The smallest absolute Gasteiger partial charge is 0.307 e. The minimum Gasteiger partial charge on any atom is -0.481 e. The molecule has 0 saturated heterocycles. The van der Waals surface area contributed by atoms with E-state index in [-0.39, 0.29) is 5.92 Å². The number of carbonyl (C=O) groups is 1. The zero-order valence-electron chi connectivity index (χ0n) is 10.2. The van der Waals surface area contributed by atoms with Gasteiger partial charge in [-0.1, -0.05) is 24.1 Å². The van der Waals surface area contributed by atoms with Gasteiger partial charge in [0, 0.05) is 5.92 Å². The number of aromatic amines is 1. The number of H-pyrrole nitrogens is 1. The van der Waals surface area contributed by atoms with Crippen molar-refractivity contribution in [3.05, 3.63) is 18.0 Å². The Kier molecular flexibility index (Phi) is 4.81. The molecule has 0 aliphatic heterocycles. The van der Waals surface area contributed by atoms with Crippen LogP contribution in [0.2, 0.25) is 0 Å². The second-order valence-electron chi connectivity index (χ2n) is 4.27. The summed E-state index contributed by atoms with van der Waals surface area (Å²) in [5.41, 5.74) is 0.919. The molecule has 0 aromatic carbocycles. The highest BCUT2D eigenvalue weighted by atomic mass is 16.4. The van der Waals surface area contributed by atoms with Crippen molar-refractivity contribution >= 4 is 5.97 Å². The minimum absolute atomic E-state index is 0.260. The molecule has 6 heteroatoms. The number of aliphatic carboxylic acids is 1. The predicted molar refractivity (Wildman–Crippen MR) is 62.4 cm³/mol. The van der Waals surface area contributed by atoms with Gasteiger partial charge in [-0.2, -0.15) is 5.21 Å². The van der Waals surface area contributed by atoms with E-state index in [1.165, 1.54) is 0 Å². The molecule has 1 aromatic heterocycles. The van der Waals surface area contributed by atoms with Gasteiger partial charge in [0.05, 0.1) is 5.92 Å². The molecule has 1 heterocycles. The molecule has 0 amide bonds. The van der Waals surface area contributed by atoms with E-state index < -0.39 is 11.9 Å². The highest BCUT2D eigenvalue weighted by molar-refractivity contribution is 5.71. The first kappa shape index (κ1) is 13.3. The molecular formula is C11H18N4O2. The van der Waals surface area contributed by atoms with Crippen molar-refractivity contribution < 1.29 is 9.90 Å². The number of carboxylic acid groups (broad SMARTS) is 1. The van der Waals surface area contributed by atoms with Gasteiger partial charge in [0.2, 0.25) is 0 Å². The number of rotatable bonds is 7. The van der Waals surface area contributed by atoms with Crippen LogP contribution in [0.25, 0.3) is 0 Å². The van der Waals surface area contributed by atoms with Crippen LogP contribution in [0.5, 0.6) is 0 Å². The van der Waals surface area contributed by atoms with Crippen LogP contribution in [-0.4, -0.2) is 31.7 Å². The van der Waals surface area contributed by atoms with E-state index in [1.807, 2.05) is 13.8 Å². The summed E-state index contributed by atoms with van der Waals surface area (Å²) in [6.07, 6.45) is 1.97. The Hall–Kier alpha value is -1.72. The van der Waals surface area contributed by atoms with Crippen LogP contribution >= 0.6 is 0 Å². The van der Waals surface area contributed by atoms with Crippen molar-refractivity contribution in [1.29, 1.82) is 0 Å². The molecule has 1 rings (SSSR count). The van der Waals surface area contributed by atoms with Crippen molar-refractivity contribution in [3.63, 3.8) is 0 Å². The lowest BCUT2D eigenvalue weighted by molar-refractivity contribution is -0.142. The Morgan fingerprint density at radius 3 is 2.71 bits per heavy atom. The van der Waals surface area contributed by atoms with Crippen molar-refractivity contribution in [2.45, 2.75) is 39.0 Å². The van der Waals surface area contributed by atoms with E-state index in [0.29, 0.717) is 18.7 Å². The van der Waals surface area contributed by atoms with Crippen LogP contribution in [-0.2, 0) is 4.79 Å². The molecular weight excluding hydrogens is 220 g/mol. The average molecular weight is 238 g/mol. The van der Waals surface area contributed by atoms with Crippen molar-refractivity contribution in [1.82, 2.24) is 20.6 Å². The van der Waals surface area contributed by atoms with E-state index in [1.54, 1.807) is 0 Å². The summed E-state index contributed by atoms with van der Waals surface area (Å²) in [4.78, 5) is 11.3. The molecule has 0 spiro atoms. The van der Waals surface area contributed by atoms with Crippen LogP contribution < -0.4 is 0 Å². The molecule has 0 unspecified atom stereocenters. The number of carboxylic acids is 1. The summed E-state index contributed by atoms with van der Waals surface area (Å²) >= 11 is 0. The highest BCUT2D eigenvalue weighted by Gasteiger charge is 2.31. The summed E-state index contributed by atoms with van der Waals surface area (Å²) in [6, 6.07) is 0. The lowest BCUT2D eigenvalue weighted by atomic mass is 9.84. The van der Waals surface area contributed by atoms with E-state index >= 15 is 0 Å². The van der Waals surface area contributed by atoms with Crippen molar-refractivity contribution in [2.24, 2.45) is 5.92 Å². The standard InChI is InChI=1S/C11H18N4O2/c1-4-5-8(11(16)17)9(6-7(2)3)10-12-14-15-13-10/h8-9H,2,4-6H2,1,3H3,(H,16,17)(H,12,13,14,15)/t8-,9-/m0/s1. The molecule has 0 bridgehead atoms. The SMILES string of the molecule is C=C(C)C[C@H](c1nn[nH]n1)[C@H](CCC)C(=O)O. The lowest BCUT2D eigenvalue weighted by Crippen LogP contribution is -2.23. The third-order valence-electron chi connectivity index (χ3n) is 2.66. The van der Waals surface area contributed by atoms with Gasteiger partial charge in [-0.3, -0.25) is 4.79 Å². The van der Waals surface area contributed by atoms with E-state index in [0.717, 1.165) is 12.0 Å². The third kappa shape index (κ3) is 3.65. The number of hydrogen-bond donors (Lipinski definition) is 2. The van der Waals surface area contributed by atoms with E-state index in [4.69, 9.17) is 0 Å². The summed E-state index contributed by atoms with van der Waals surface area (Å²) in [5, 5.41) is 22.9. The monoisotopic (exact) mass is 238 g/mol. The zero-order chi connectivity index (χ0) is 12.8. The summed E-state index contributed by atoms with van der Waals surface area (Å²) < 4.78 is 0. The number of aromatic nitrogens is 4. The number of nitrogens with zero attached hydrogens (tertiary/aromatic N) is 3. The Bertz CT molecular complexity index is 375. The van der Waals surface area contributed by atoms with Crippen LogP contribution in [0.4, 0.5) is 0 Å². The largest absolute Gasteiger partial charge is 0.481 e. The molecule has 1 aromatic rings. The molecule has 2 atom stereocenters. The Morgan fingerprint density at radius 2 is 2.29 bits per heavy atom. The van der Waals surface area contributed by atoms with Crippen LogP contribution in [0.15, 0.2) is 12.2 Å². The third-order valence-corrected chi connectivity index (χ3v) is 2.66. The summed E-state index contributed by atoms with van der Waals surface area (Å²) in [6.45, 7) is 7.66. The molecule has 0 radical (unpaired) electrons. The number of hydrogen-bond acceptors (Lipinski definition) is 4. The van der Waals surface area contributed by atoms with Crippen LogP contribution in [0.3, 0.4) is 0 Å². The summed E-state index contributed by atoms with van der Waals surface area (Å²) in [7, 11) is 0. The fourth-order valence-electron chi connectivity index (χ4n) is 1.92. The molecule has 0 saturated carbocycles. The van der Waals surface area contributed by atoms with Gasteiger partial charge in [-0.25, -0.2) is 0 Å². The van der Waals surface area contributed by atoms with Gasteiger partial charge >= 0.3 is 5.97 Å². The van der Waals surface area contributed by atoms with Gasteiger partial charge in [-0.15, -0.1) is 16.8 Å². The van der Waals surface area contributed by atoms with Gasteiger partial charge in [0.15, 0.2) is 5.82 Å². The summed E-state index contributed by atoms with van der Waals surface area (Å²) in [5.74, 6) is -1.12. The first-order valence-electron chi connectivity index (χ1n) is 5.66. The zero-order valence-corrected chi connectivity index (χ0v) is 10.2. The Morgan fingerprint density at radius 1 is 1.59 bits per heavy atom. The first-order valence-corrected chi connectivity index (χ1v) is 5.66. The van der Waals surface area contributed by atoms with Crippen LogP contribution in [0.1, 0.15) is 44.9 Å². The lowest BCUT2D eigenvalue weighted by Gasteiger charge is -2.20. The van der Waals surface area contributed by atoms with E-state index in [2.05, 4.69) is 27.2 Å². The van der Waals surface area contributed by atoms with Gasteiger partial charge < -0.3 is 5.11 Å². The Labute approximate surface area is 100 Å². The maximum atomic E-state index is 11.3. The minimum atomic E-state index is -0.817. The number of tetrazole rings is 1.